The van der Waals surface area contributed by atoms with E-state index in [1.165, 1.54) is 7.11 Å². The molecule has 1 saturated heterocycles. The van der Waals surface area contributed by atoms with Crippen LogP contribution in [0.15, 0.2) is 24.3 Å². The molecule has 1 aliphatic heterocycles. The summed E-state index contributed by atoms with van der Waals surface area (Å²) in [5.41, 5.74) is 0.607. The summed E-state index contributed by atoms with van der Waals surface area (Å²) in [5, 5.41) is 5.55. The fourth-order valence-corrected chi connectivity index (χ4v) is 2.93. The van der Waals surface area contributed by atoms with Crippen molar-refractivity contribution in [2.75, 3.05) is 32.1 Å². The normalized spacial score (nSPS) is 19.2. The summed E-state index contributed by atoms with van der Waals surface area (Å²) in [4.78, 5) is 36.9. The lowest BCUT2D eigenvalue weighted by molar-refractivity contribution is -0.142. The zero-order valence-electron chi connectivity index (χ0n) is 14.7. The Kier molecular flexibility index (Phi) is 5.60. The molecule has 8 heteroatoms. The van der Waals surface area contributed by atoms with E-state index in [0.29, 0.717) is 30.4 Å². The number of nitrogens with zero attached hydrogens (tertiary/aromatic N) is 1. The predicted molar refractivity (Wildman–Crippen MR) is 93.8 cm³/mol. The SMILES string of the molecule is COC(=O)COc1ccc(NC(=O)NC[C@@H]2CC(=O)N(C3CC3)C2)cc1. The summed E-state index contributed by atoms with van der Waals surface area (Å²) in [6.07, 6.45) is 2.71. The van der Waals surface area contributed by atoms with E-state index in [4.69, 9.17) is 4.74 Å². The number of carbonyl (C=O) groups excluding carboxylic acids is 3. The van der Waals surface area contributed by atoms with E-state index in [9.17, 15) is 14.4 Å². The molecule has 0 unspecified atom stereocenters. The first-order valence-electron chi connectivity index (χ1n) is 8.69. The summed E-state index contributed by atoms with van der Waals surface area (Å²) in [7, 11) is 1.29. The fraction of sp³-hybridized carbons (Fsp3) is 0.500. The maximum absolute atomic E-state index is 12.0. The highest BCUT2D eigenvalue weighted by Crippen LogP contribution is 2.32. The van der Waals surface area contributed by atoms with Crippen LogP contribution in [0.3, 0.4) is 0 Å². The third-order valence-electron chi connectivity index (χ3n) is 4.47. The zero-order chi connectivity index (χ0) is 18.5. The van der Waals surface area contributed by atoms with E-state index >= 15 is 0 Å². The first kappa shape index (κ1) is 18.0. The molecule has 2 fully saturated rings. The first-order valence-corrected chi connectivity index (χ1v) is 8.69. The van der Waals surface area contributed by atoms with Gasteiger partial charge >= 0.3 is 12.0 Å². The molecule has 1 aromatic rings. The highest BCUT2D eigenvalue weighted by Gasteiger charge is 2.39. The number of amides is 3. The second-order valence-corrected chi connectivity index (χ2v) is 6.57. The van der Waals surface area contributed by atoms with Crippen molar-refractivity contribution in [1.82, 2.24) is 10.2 Å². The van der Waals surface area contributed by atoms with Gasteiger partial charge in [-0.25, -0.2) is 9.59 Å². The van der Waals surface area contributed by atoms with E-state index in [-0.39, 0.29) is 24.5 Å². The number of ether oxygens (including phenoxy) is 2. The van der Waals surface area contributed by atoms with Gasteiger partial charge in [-0.1, -0.05) is 0 Å². The lowest BCUT2D eigenvalue weighted by atomic mass is 10.1. The Morgan fingerprint density at radius 1 is 1.23 bits per heavy atom. The standard InChI is InChI=1S/C18H23N3O5/c1-25-17(23)11-26-15-6-2-13(3-7-15)20-18(24)19-9-12-8-16(22)21(10-12)14-4-5-14/h2-3,6-7,12,14H,4-5,8-11H2,1H3,(H2,19,20,24)/t12-/m0/s1. The number of hydrogen-bond acceptors (Lipinski definition) is 5. The maximum atomic E-state index is 12.0. The minimum absolute atomic E-state index is 0.165. The van der Waals surface area contributed by atoms with Crippen LogP contribution in [0.2, 0.25) is 0 Å². The monoisotopic (exact) mass is 361 g/mol. The van der Waals surface area contributed by atoms with E-state index in [2.05, 4.69) is 15.4 Å². The quantitative estimate of drug-likeness (QED) is 0.715. The van der Waals surface area contributed by atoms with Gasteiger partial charge in [0.05, 0.1) is 7.11 Å². The van der Waals surface area contributed by atoms with Gasteiger partial charge in [0.25, 0.3) is 0 Å². The Balaban J connectivity index is 1.39. The number of anilines is 1. The maximum Gasteiger partial charge on any atom is 0.343 e. The molecule has 3 rings (SSSR count). The molecule has 0 bridgehead atoms. The number of benzene rings is 1. The number of esters is 1. The number of nitrogens with one attached hydrogen (secondary N) is 2. The molecule has 0 spiro atoms. The molecule has 8 nitrogen and oxygen atoms in total. The first-order chi connectivity index (χ1) is 12.5. The molecular formula is C18H23N3O5. The van der Waals surface area contributed by atoms with E-state index < -0.39 is 5.97 Å². The molecular weight excluding hydrogens is 338 g/mol. The molecule has 0 aromatic heterocycles. The second-order valence-electron chi connectivity index (χ2n) is 6.57. The Morgan fingerprint density at radius 3 is 2.62 bits per heavy atom. The average Bonchev–Trinajstić information content (AvgIpc) is 3.41. The van der Waals surface area contributed by atoms with E-state index in [1.54, 1.807) is 24.3 Å². The van der Waals surface area contributed by atoms with Crippen LogP contribution in [0.4, 0.5) is 10.5 Å². The van der Waals surface area contributed by atoms with Crippen molar-refractivity contribution in [3.05, 3.63) is 24.3 Å². The summed E-state index contributed by atoms with van der Waals surface area (Å²) >= 11 is 0. The van der Waals surface area contributed by atoms with Crippen LogP contribution in [0.1, 0.15) is 19.3 Å². The van der Waals surface area contributed by atoms with Crippen molar-refractivity contribution in [3.63, 3.8) is 0 Å². The number of urea groups is 1. The summed E-state index contributed by atoms with van der Waals surface area (Å²) in [6, 6.07) is 6.79. The van der Waals surface area contributed by atoms with Gasteiger partial charge in [0.2, 0.25) is 5.91 Å². The van der Waals surface area contributed by atoms with E-state index in [1.807, 2.05) is 4.90 Å². The van der Waals surface area contributed by atoms with Crippen LogP contribution in [-0.4, -0.2) is 55.7 Å². The van der Waals surface area contributed by atoms with Crippen molar-refractivity contribution in [2.24, 2.45) is 5.92 Å². The number of rotatable bonds is 7. The number of hydrogen-bond donors (Lipinski definition) is 2. The van der Waals surface area contributed by atoms with Gasteiger partial charge in [0.1, 0.15) is 5.75 Å². The molecule has 2 N–H and O–H groups in total. The number of methoxy groups -OCH3 is 1. The summed E-state index contributed by atoms with van der Waals surface area (Å²) < 4.78 is 9.73. The van der Waals surface area contributed by atoms with Crippen LogP contribution in [0.25, 0.3) is 0 Å². The van der Waals surface area contributed by atoms with Crippen molar-refractivity contribution in [2.45, 2.75) is 25.3 Å². The fourth-order valence-electron chi connectivity index (χ4n) is 2.93. The molecule has 1 heterocycles. The van der Waals surface area contributed by atoms with Crippen molar-refractivity contribution < 1.29 is 23.9 Å². The van der Waals surface area contributed by atoms with Gasteiger partial charge in [0.15, 0.2) is 6.61 Å². The van der Waals surface area contributed by atoms with Gasteiger partial charge < -0.3 is 25.0 Å². The van der Waals surface area contributed by atoms with Crippen molar-refractivity contribution in [1.29, 1.82) is 0 Å². The van der Waals surface area contributed by atoms with Crippen LogP contribution in [-0.2, 0) is 14.3 Å². The second kappa shape index (κ2) is 8.07. The van der Waals surface area contributed by atoms with Gasteiger partial charge in [-0.05, 0) is 37.1 Å². The highest BCUT2D eigenvalue weighted by atomic mass is 16.6. The highest BCUT2D eigenvalue weighted by molar-refractivity contribution is 5.89. The van der Waals surface area contributed by atoms with Crippen LogP contribution >= 0.6 is 0 Å². The van der Waals surface area contributed by atoms with Crippen LogP contribution in [0.5, 0.6) is 5.75 Å². The minimum Gasteiger partial charge on any atom is -0.482 e. The molecule has 1 atom stereocenters. The third kappa shape index (κ3) is 4.87. The zero-order valence-corrected chi connectivity index (χ0v) is 14.7. The molecule has 3 amide bonds. The van der Waals surface area contributed by atoms with Gasteiger partial charge in [-0.2, -0.15) is 0 Å². The van der Waals surface area contributed by atoms with Crippen LogP contribution in [0, 0.1) is 5.92 Å². The lowest BCUT2D eigenvalue weighted by Crippen LogP contribution is -2.34. The molecule has 1 saturated carbocycles. The van der Waals surface area contributed by atoms with Crippen molar-refractivity contribution >= 4 is 23.6 Å². The average molecular weight is 361 g/mol. The molecule has 0 radical (unpaired) electrons. The molecule has 1 aliphatic carbocycles. The largest absolute Gasteiger partial charge is 0.482 e. The Bertz CT molecular complexity index is 672. The predicted octanol–water partition coefficient (Wildman–Crippen LogP) is 1.37. The lowest BCUT2D eigenvalue weighted by Gasteiger charge is -2.16. The van der Waals surface area contributed by atoms with Crippen molar-refractivity contribution in [3.8, 4) is 5.75 Å². The third-order valence-corrected chi connectivity index (χ3v) is 4.47. The summed E-state index contributed by atoms with van der Waals surface area (Å²) in [5.74, 6) is 0.411. The van der Waals surface area contributed by atoms with Gasteiger partial charge in [-0.3, -0.25) is 4.79 Å². The van der Waals surface area contributed by atoms with Crippen LogP contribution < -0.4 is 15.4 Å². The molecule has 1 aromatic carbocycles. The Labute approximate surface area is 151 Å². The number of likely N-dealkylation sites (tertiary alicyclic amines) is 1. The minimum atomic E-state index is -0.461. The molecule has 2 aliphatic rings. The Morgan fingerprint density at radius 2 is 1.96 bits per heavy atom. The molecule has 26 heavy (non-hydrogen) atoms. The number of carbonyl (C=O) groups is 3. The van der Waals surface area contributed by atoms with E-state index in [0.717, 1.165) is 19.4 Å². The summed E-state index contributed by atoms with van der Waals surface area (Å²) in [6.45, 7) is 1.04. The molecule has 140 valence electrons. The van der Waals surface area contributed by atoms with Gasteiger partial charge in [-0.15, -0.1) is 0 Å². The Hall–Kier alpha value is -2.77. The smallest absolute Gasteiger partial charge is 0.343 e. The topological polar surface area (TPSA) is 97.0 Å². The van der Waals surface area contributed by atoms with Gasteiger partial charge in [0, 0.05) is 37.2 Å².